The molecule has 4 nitrogen and oxygen atoms in total. The lowest BCUT2D eigenvalue weighted by Crippen LogP contribution is -2.54. The van der Waals surface area contributed by atoms with Gasteiger partial charge >= 0.3 is 0 Å². The summed E-state index contributed by atoms with van der Waals surface area (Å²) < 4.78 is 30.1. The van der Waals surface area contributed by atoms with Gasteiger partial charge in [0.25, 0.3) is 11.8 Å². The number of benzene rings is 1. The predicted molar refractivity (Wildman–Crippen MR) is 100 cm³/mol. The Morgan fingerprint density at radius 2 is 1.93 bits per heavy atom. The third kappa shape index (κ3) is 3.04. The van der Waals surface area contributed by atoms with Crippen molar-refractivity contribution in [2.75, 3.05) is 0 Å². The van der Waals surface area contributed by atoms with Crippen LogP contribution in [0.1, 0.15) is 54.6 Å². The highest BCUT2D eigenvalue weighted by molar-refractivity contribution is 6.08. The smallest absolute Gasteiger partial charge is 0.255 e. The largest absolute Gasteiger partial charge is 0.349 e. The van der Waals surface area contributed by atoms with Crippen LogP contribution in [0.2, 0.25) is 0 Å². The molecule has 0 aliphatic carbocycles. The van der Waals surface area contributed by atoms with Gasteiger partial charge in [0.05, 0.1) is 12.0 Å². The number of fused-ring (bicyclic) bond motifs is 5. The number of nitrogens with zero attached hydrogens (tertiary/aromatic N) is 1. The van der Waals surface area contributed by atoms with Crippen molar-refractivity contribution in [1.82, 2.24) is 15.2 Å². The summed E-state index contributed by atoms with van der Waals surface area (Å²) in [5.41, 5.74) is 1.82. The highest BCUT2D eigenvalue weighted by Crippen LogP contribution is 2.37. The molecule has 2 N–H and O–H groups in total. The van der Waals surface area contributed by atoms with E-state index < -0.39 is 5.92 Å². The zero-order chi connectivity index (χ0) is 18.6. The summed E-state index contributed by atoms with van der Waals surface area (Å²) >= 11 is 0. The summed E-state index contributed by atoms with van der Waals surface area (Å²) in [5, 5.41) is 7.60. The molecule has 3 aliphatic rings. The van der Waals surface area contributed by atoms with Crippen LogP contribution in [0.3, 0.4) is 0 Å². The SMILES string of the molecule is O=C(NC1CC2CCCC(C1)N2)c1c2n(c3ccccc13)CCC(F)(F)C2. The van der Waals surface area contributed by atoms with Crippen molar-refractivity contribution < 1.29 is 13.6 Å². The van der Waals surface area contributed by atoms with E-state index in [4.69, 9.17) is 0 Å². The molecule has 4 heterocycles. The van der Waals surface area contributed by atoms with E-state index in [9.17, 15) is 13.6 Å². The first-order chi connectivity index (χ1) is 13.0. The van der Waals surface area contributed by atoms with Crippen molar-refractivity contribution in [2.24, 2.45) is 0 Å². The van der Waals surface area contributed by atoms with Gasteiger partial charge in [0.2, 0.25) is 0 Å². The van der Waals surface area contributed by atoms with Gasteiger partial charge in [-0.3, -0.25) is 4.79 Å². The zero-order valence-corrected chi connectivity index (χ0v) is 15.3. The number of aromatic nitrogens is 1. The first-order valence-corrected chi connectivity index (χ1v) is 10.0. The second kappa shape index (κ2) is 6.30. The fourth-order valence-electron chi connectivity index (χ4n) is 5.30. The minimum absolute atomic E-state index is 0.118. The Labute approximate surface area is 157 Å². The van der Waals surface area contributed by atoms with Gasteiger partial charge in [0, 0.05) is 47.7 Å². The Kier molecular flexibility index (Phi) is 4.00. The number of carbonyl (C=O) groups is 1. The third-order valence-electron chi connectivity index (χ3n) is 6.48. The second-order valence-electron chi connectivity index (χ2n) is 8.41. The number of hydrogen-bond acceptors (Lipinski definition) is 2. The summed E-state index contributed by atoms with van der Waals surface area (Å²) in [5.74, 6) is -2.94. The van der Waals surface area contributed by atoms with Crippen LogP contribution < -0.4 is 10.6 Å². The maximum absolute atomic E-state index is 14.1. The number of carbonyl (C=O) groups excluding carboxylic acids is 1. The van der Waals surface area contributed by atoms with Crippen molar-refractivity contribution in [1.29, 1.82) is 0 Å². The number of rotatable bonds is 2. The van der Waals surface area contributed by atoms with Crippen LogP contribution in [0.4, 0.5) is 8.78 Å². The van der Waals surface area contributed by atoms with Crippen molar-refractivity contribution in [3.8, 4) is 0 Å². The molecule has 2 atom stereocenters. The molecule has 27 heavy (non-hydrogen) atoms. The average Bonchev–Trinajstić information content (AvgIpc) is 2.93. The van der Waals surface area contributed by atoms with Crippen LogP contribution in [-0.2, 0) is 13.0 Å². The van der Waals surface area contributed by atoms with Crippen LogP contribution in [0.5, 0.6) is 0 Å². The molecule has 1 aromatic carbocycles. The molecule has 1 aromatic heterocycles. The van der Waals surface area contributed by atoms with E-state index in [0.29, 0.717) is 23.3 Å². The zero-order valence-electron chi connectivity index (χ0n) is 15.3. The standard InChI is InChI=1S/C21H25F2N3O/c22-21(23)8-9-26-17-7-2-1-6-16(17)19(18(26)12-21)20(27)25-15-10-13-4-3-5-14(11-15)24-13/h1-2,6-7,13-15,24H,3-5,8-12H2,(H,25,27). The first kappa shape index (κ1) is 17.2. The van der Waals surface area contributed by atoms with E-state index in [0.717, 1.165) is 36.6 Å². The summed E-state index contributed by atoms with van der Waals surface area (Å²) in [6.07, 6.45) is 4.87. The van der Waals surface area contributed by atoms with Gasteiger partial charge in [0.15, 0.2) is 0 Å². The van der Waals surface area contributed by atoms with Crippen LogP contribution in [-0.4, -0.2) is 34.5 Å². The van der Waals surface area contributed by atoms with Crippen molar-refractivity contribution in [3.63, 3.8) is 0 Å². The molecule has 1 amide bonds. The molecule has 2 unspecified atom stereocenters. The lowest BCUT2D eigenvalue weighted by atomic mass is 9.84. The van der Waals surface area contributed by atoms with Gasteiger partial charge in [-0.25, -0.2) is 8.78 Å². The second-order valence-corrected chi connectivity index (χ2v) is 8.41. The minimum atomic E-state index is -2.74. The Morgan fingerprint density at radius 3 is 2.70 bits per heavy atom. The molecule has 2 saturated heterocycles. The number of nitrogens with one attached hydrogen (secondary N) is 2. The van der Waals surface area contributed by atoms with Crippen molar-refractivity contribution in [3.05, 3.63) is 35.5 Å². The maximum atomic E-state index is 14.1. The van der Waals surface area contributed by atoms with Crippen molar-refractivity contribution >= 4 is 16.8 Å². The van der Waals surface area contributed by atoms with Gasteiger partial charge in [-0.05, 0) is 31.7 Å². The molecule has 3 aliphatic heterocycles. The predicted octanol–water partition coefficient (Wildman–Crippen LogP) is 3.63. The summed E-state index contributed by atoms with van der Waals surface area (Å²) in [7, 11) is 0. The van der Waals surface area contributed by atoms with E-state index in [1.54, 1.807) is 0 Å². The molecular formula is C21H25F2N3O. The van der Waals surface area contributed by atoms with Gasteiger partial charge < -0.3 is 15.2 Å². The Balaban J connectivity index is 1.48. The molecule has 2 aromatic rings. The van der Waals surface area contributed by atoms with E-state index >= 15 is 0 Å². The van der Waals surface area contributed by atoms with E-state index in [-0.39, 0.29) is 31.3 Å². The molecule has 0 spiro atoms. The van der Waals surface area contributed by atoms with Crippen LogP contribution >= 0.6 is 0 Å². The topological polar surface area (TPSA) is 46.1 Å². The fourth-order valence-corrected chi connectivity index (χ4v) is 5.30. The molecule has 144 valence electrons. The molecule has 5 rings (SSSR count). The quantitative estimate of drug-likeness (QED) is 0.845. The van der Waals surface area contributed by atoms with Crippen molar-refractivity contribution in [2.45, 2.75) is 75.5 Å². The Morgan fingerprint density at radius 1 is 1.19 bits per heavy atom. The van der Waals surface area contributed by atoms with E-state index in [1.807, 2.05) is 28.8 Å². The van der Waals surface area contributed by atoms with Crippen LogP contribution in [0.15, 0.2) is 24.3 Å². The molecule has 0 saturated carbocycles. The average molecular weight is 373 g/mol. The molecule has 2 fully saturated rings. The number of piperidine rings is 2. The number of aryl methyl sites for hydroxylation is 1. The summed E-state index contributed by atoms with van der Waals surface area (Å²) in [6.45, 7) is 0.258. The highest BCUT2D eigenvalue weighted by Gasteiger charge is 2.39. The van der Waals surface area contributed by atoms with Crippen LogP contribution in [0.25, 0.3) is 10.9 Å². The molecule has 6 heteroatoms. The van der Waals surface area contributed by atoms with Crippen LogP contribution in [0, 0.1) is 0 Å². The fraction of sp³-hybridized carbons (Fsp3) is 0.571. The number of halogens is 2. The number of para-hydroxylation sites is 1. The van der Waals surface area contributed by atoms with E-state index in [2.05, 4.69) is 10.6 Å². The highest BCUT2D eigenvalue weighted by atomic mass is 19.3. The number of hydrogen-bond donors (Lipinski definition) is 2. The van der Waals surface area contributed by atoms with Gasteiger partial charge in [-0.15, -0.1) is 0 Å². The normalized spacial score (nSPS) is 29.3. The lowest BCUT2D eigenvalue weighted by Gasteiger charge is -2.40. The lowest BCUT2D eigenvalue weighted by molar-refractivity contribution is -0.0220. The first-order valence-electron chi connectivity index (χ1n) is 10.0. The minimum Gasteiger partial charge on any atom is -0.349 e. The van der Waals surface area contributed by atoms with Gasteiger partial charge in [-0.2, -0.15) is 0 Å². The number of alkyl halides is 2. The Bertz CT molecular complexity index is 879. The maximum Gasteiger partial charge on any atom is 0.255 e. The third-order valence-corrected chi connectivity index (χ3v) is 6.48. The summed E-state index contributed by atoms with van der Waals surface area (Å²) in [4.78, 5) is 13.2. The molecule has 2 bridgehead atoms. The molecule has 0 radical (unpaired) electrons. The van der Waals surface area contributed by atoms with E-state index in [1.165, 1.54) is 6.42 Å². The summed E-state index contributed by atoms with van der Waals surface area (Å²) in [6, 6.07) is 8.63. The monoisotopic (exact) mass is 373 g/mol. The molecular weight excluding hydrogens is 348 g/mol. The van der Waals surface area contributed by atoms with Gasteiger partial charge in [-0.1, -0.05) is 24.6 Å². The number of amides is 1. The Hall–Kier alpha value is -1.95. The van der Waals surface area contributed by atoms with Gasteiger partial charge in [0.1, 0.15) is 0 Å².